The van der Waals surface area contributed by atoms with Crippen molar-refractivity contribution in [3.8, 4) is 0 Å². The van der Waals surface area contributed by atoms with Gasteiger partial charge in [-0.05, 0) is 19.8 Å². The van der Waals surface area contributed by atoms with Gasteiger partial charge in [-0.1, -0.05) is 11.6 Å². The van der Waals surface area contributed by atoms with E-state index in [1.54, 1.807) is 11.8 Å². The maximum Gasteiger partial charge on any atom is 0.405 e. The zero-order chi connectivity index (χ0) is 15.6. The number of carbonyl (C=O) groups is 1. The molecular weight excluding hydrogens is 309 g/mol. The van der Waals surface area contributed by atoms with Crippen LogP contribution >= 0.6 is 11.6 Å². The van der Waals surface area contributed by atoms with Crippen LogP contribution in [-0.4, -0.2) is 41.2 Å². The Balaban J connectivity index is 2.11. The molecule has 1 amide bonds. The van der Waals surface area contributed by atoms with Crippen LogP contribution in [0.2, 0.25) is 5.15 Å². The van der Waals surface area contributed by atoms with Gasteiger partial charge in [0.2, 0.25) is 5.91 Å². The Labute approximate surface area is 124 Å². The Bertz CT molecular complexity index is 517. The van der Waals surface area contributed by atoms with Gasteiger partial charge in [-0.3, -0.25) is 4.79 Å². The molecule has 1 atom stereocenters. The van der Waals surface area contributed by atoms with Crippen LogP contribution in [0.5, 0.6) is 0 Å². The average molecular weight is 323 g/mol. The molecule has 1 aliphatic rings. The lowest BCUT2D eigenvalue weighted by Crippen LogP contribution is -2.46. The highest BCUT2D eigenvalue weighted by atomic mass is 35.5. The molecule has 1 aliphatic heterocycles. The maximum absolute atomic E-state index is 12.2. The van der Waals surface area contributed by atoms with Crippen molar-refractivity contribution in [2.75, 3.05) is 18.0 Å². The van der Waals surface area contributed by atoms with Crippen LogP contribution in [0.15, 0.2) is 6.07 Å². The summed E-state index contributed by atoms with van der Waals surface area (Å²) in [4.78, 5) is 21.7. The summed E-state index contributed by atoms with van der Waals surface area (Å²) >= 11 is 5.85. The first-order valence-electron chi connectivity index (χ1n) is 6.38. The van der Waals surface area contributed by atoms with Crippen molar-refractivity contribution in [3.63, 3.8) is 0 Å². The van der Waals surface area contributed by atoms with Gasteiger partial charge in [0.05, 0.1) is 0 Å². The van der Waals surface area contributed by atoms with Crippen LogP contribution in [0.1, 0.15) is 18.7 Å². The summed E-state index contributed by atoms with van der Waals surface area (Å²) < 4.78 is 36.5. The Morgan fingerprint density at radius 3 is 2.86 bits per heavy atom. The van der Waals surface area contributed by atoms with Crippen LogP contribution in [0.3, 0.4) is 0 Å². The summed E-state index contributed by atoms with van der Waals surface area (Å²) in [6, 6.07) is 0.835. The molecule has 0 spiro atoms. The van der Waals surface area contributed by atoms with Crippen molar-refractivity contribution in [3.05, 3.63) is 17.0 Å². The third-order valence-electron chi connectivity index (χ3n) is 3.11. The largest absolute Gasteiger partial charge is 0.405 e. The molecule has 0 bridgehead atoms. The third-order valence-corrected chi connectivity index (χ3v) is 3.30. The van der Waals surface area contributed by atoms with Gasteiger partial charge in [-0.2, -0.15) is 13.2 Å². The molecule has 1 saturated heterocycles. The quantitative estimate of drug-likeness (QED) is 0.866. The lowest BCUT2D eigenvalue weighted by molar-refractivity contribution is -0.139. The number of aryl methyl sites for hydroxylation is 1. The number of hydrogen-bond donors (Lipinski definition) is 1. The van der Waals surface area contributed by atoms with E-state index in [9.17, 15) is 18.0 Å². The summed E-state index contributed by atoms with van der Waals surface area (Å²) in [5.74, 6) is 0.244. The highest BCUT2D eigenvalue weighted by molar-refractivity contribution is 6.29. The minimum Gasteiger partial charge on any atom is -0.345 e. The van der Waals surface area contributed by atoms with Crippen molar-refractivity contribution in [2.45, 2.75) is 32.0 Å². The van der Waals surface area contributed by atoms with Gasteiger partial charge < -0.3 is 10.2 Å². The van der Waals surface area contributed by atoms with E-state index >= 15 is 0 Å². The molecule has 0 radical (unpaired) electrons. The molecule has 0 unspecified atom stereocenters. The van der Waals surface area contributed by atoms with Gasteiger partial charge in [0.1, 0.15) is 29.4 Å². The van der Waals surface area contributed by atoms with E-state index in [2.05, 4.69) is 9.97 Å². The first-order chi connectivity index (χ1) is 9.76. The van der Waals surface area contributed by atoms with Gasteiger partial charge >= 0.3 is 6.18 Å². The molecule has 0 saturated carbocycles. The Hall–Kier alpha value is -1.57. The lowest BCUT2D eigenvalue weighted by Gasteiger charge is -2.25. The number of halogens is 4. The number of amides is 1. The van der Waals surface area contributed by atoms with E-state index < -0.39 is 24.7 Å². The summed E-state index contributed by atoms with van der Waals surface area (Å²) in [6.45, 7) is 0.862. The molecule has 21 heavy (non-hydrogen) atoms. The molecule has 116 valence electrons. The summed E-state index contributed by atoms with van der Waals surface area (Å²) in [5, 5.41) is 2.15. The molecule has 2 rings (SSSR count). The number of nitrogens with zero attached hydrogens (tertiary/aromatic N) is 3. The maximum atomic E-state index is 12.2. The van der Waals surface area contributed by atoms with Crippen molar-refractivity contribution in [1.82, 2.24) is 15.3 Å². The number of alkyl halides is 3. The minimum atomic E-state index is -4.42. The Morgan fingerprint density at radius 1 is 1.52 bits per heavy atom. The normalized spacial score (nSPS) is 18.9. The zero-order valence-corrected chi connectivity index (χ0v) is 12.0. The molecule has 1 N–H and O–H groups in total. The van der Waals surface area contributed by atoms with Crippen molar-refractivity contribution in [1.29, 1.82) is 0 Å². The fourth-order valence-electron chi connectivity index (χ4n) is 2.28. The van der Waals surface area contributed by atoms with E-state index in [1.807, 2.05) is 5.32 Å². The topological polar surface area (TPSA) is 58.1 Å². The van der Waals surface area contributed by atoms with Crippen molar-refractivity contribution < 1.29 is 18.0 Å². The van der Waals surface area contributed by atoms with Gasteiger partial charge in [0.15, 0.2) is 0 Å². The number of aromatic nitrogens is 2. The van der Waals surface area contributed by atoms with Crippen molar-refractivity contribution in [2.24, 2.45) is 0 Å². The highest BCUT2D eigenvalue weighted by Gasteiger charge is 2.34. The van der Waals surface area contributed by atoms with Crippen LogP contribution in [0, 0.1) is 6.92 Å². The minimum absolute atomic E-state index is 0.235. The van der Waals surface area contributed by atoms with Gasteiger partial charge in [0, 0.05) is 12.6 Å². The van der Waals surface area contributed by atoms with Crippen molar-refractivity contribution >= 4 is 23.3 Å². The molecule has 5 nitrogen and oxygen atoms in total. The monoisotopic (exact) mass is 322 g/mol. The van der Waals surface area contributed by atoms with Gasteiger partial charge in [-0.15, -0.1) is 0 Å². The first-order valence-corrected chi connectivity index (χ1v) is 6.76. The Morgan fingerprint density at radius 2 is 2.24 bits per heavy atom. The molecular formula is C12H14ClF3N4O. The van der Waals surface area contributed by atoms with Crippen LogP contribution < -0.4 is 10.2 Å². The molecule has 9 heteroatoms. The van der Waals surface area contributed by atoms with E-state index in [1.165, 1.54) is 6.07 Å². The third kappa shape index (κ3) is 4.20. The first kappa shape index (κ1) is 15.8. The zero-order valence-electron chi connectivity index (χ0n) is 11.2. The summed E-state index contributed by atoms with van der Waals surface area (Å²) in [6.07, 6.45) is -3.25. The molecule has 1 fully saturated rings. The van der Waals surface area contributed by atoms with Gasteiger partial charge in [-0.25, -0.2) is 9.97 Å². The van der Waals surface area contributed by atoms with Gasteiger partial charge in [0.25, 0.3) is 0 Å². The molecule has 1 aromatic rings. The standard InChI is InChI=1S/C12H14ClF3N4O/c1-7-18-9(13)5-10(19-7)20-4-2-3-8(20)11(21)17-6-12(14,15)16/h5,8H,2-4,6H2,1H3,(H,17,21)/t8-/m1/s1. The molecule has 0 aliphatic carbocycles. The fraction of sp³-hybridized carbons (Fsp3) is 0.583. The van der Waals surface area contributed by atoms with Crippen LogP contribution in [0.4, 0.5) is 19.0 Å². The number of rotatable bonds is 3. The van der Waals surface area contributed by atoms with E-state index in [0.29, 0.717) is 31.0 Å². The fourth-order valence-corrected chi connectivity index (χ4v) is 2.50. The second-order valence-corrected chi connectivity index (χ2v) is 5.17. The highest BCUT2D eigenvalue weighted by Crippen LogP contribution is 2.26. The number of anilines is 1. The van der Waals surface area contributed by atoms with E-state index in [0.717, 1.165) is 0 Å². The molecule has 2 heterocycles. The predicted octanol–water partition coefficient (Wildman–Crippen LogP) is 2.09. The smallest absolute Gasteiger partial charge is 0.345 e. The molecule has 1 aromatic heterocycles. The molecule has 0 aromatic carbocycles. The van der Waals surface area contributed by atoms with Crippen LogP contribution in [0.25, 0.3) is 0 Å². The Kier molecular flexibility index (Phi) is 4.55. The number of hydrogen-bond acceptors (Lipinski definition) is 4. The lowest BCUT2D eigenvalue weighted by atomic mass is 10.2. The van der Waals surface area contributed by atoms with E-state index in [-0.39, 0.29) is 5.15 Å². The summed E-state index contributed by atoms with van der Waals surface area (Å²) in [5.41, 5.74) is 0. The average Bonchev–Trinajstić information content (AvgIpc) is 2.83. The van der Waals surface area contributed by atoms with Crippen LogP contribution in [-0.2, 0) is 4.79 Å². The van der Waals surface area contributed by atoms with E-state index in [4.69, 9.17) is 11.6 Å². The second-order valence-electron chi connectivity index (χ2n) is 4.78. The second kappa shape index (κ2) is 6.05. The SMILES string of the molecule is Cc1nc(Cl)cc(N2CCC[C@@H]2C(=O)NCC(F)(F)F)n1. The summed E-state index contributed by atoms with van der Waals surface area (Å²) in [7, 11) is 0. The number of carbonyl (C=O) groups excluding carboxylic acids is 1. The number of nitrogens with one attached hydrogen (secondary N) is 1. The predicted molar refractivity (Wildman–Crippen MR) is 71.2 cm³/mol.